The summed E-state index contributed by atoms with van der Waals surface area (Å²) in [6.45, 7) is 0. The van der Waals surface area contributed by atoms with Crippen LogP contribution >= 0.6 is 0 Å². The van der Waals surface area contributed by atoms with Gasteiger partial charge >= 0.3 is 5.97 Å². The predicted molar refractivity (Wildman–Crippen MR) is 68.6 cm³/mol. The molecular weight excluding hydrogens is 260 g/mol. The van der Waals surface area contributed by atoms with Crippen LogP contribution in [-0.4, -0.2) is 33.2 Å². The van der Waals surface area contributed by atoms with E-state index >= 15 is 0 Å². The van der Waals surface area contributed by atoms with E-state index in [9.17, 15) is 4.79 Å². The van der Waals surface area contributed by atoms with Gasteiger partial charge in [-0.15, -0.1) is 0 Å². The lowest BCUT2D eigenvalue weighted by Crippen LogP contribution is -2.04. The van der Waals surface area contributed by atoms with Gasteiger partial charge in [0.2, 0.25) is 11.7 Å². The largest absolute Gasteiger partial charge is 0.469 e. The average Bonchev–Trinajstić information content (AvgIpc) is 2.95. The molecule has 7 nitrogen and oxygen atoms in total. The first kappa shape index (κ1) is 12.2. The van der Waals surface area contributed by atoms with E-state index in [1.807, 2.05) is 18.2 Å². The van der Waals surface area contributed by atoms with Crippen LogP contribution < -0.4 is 0 Å². The zero-order valence-electron chi connectivity index (χ0n) is 10.6. The van der Waals surface area contributed by atoms with Crippen LogP contribution in [0.15, 0.2) is 35.1 Å². The Labute approximate surface area is 113 Å². The highest BCUT2D eigenvalue weighted by atomic mass is 16.5. The van der Waals surface area contributed by atoms with Gasteiger partial charge in [0.25, 0.3) is 0 Å². The van der Waals surface area contributed by atoms with Crippen LogP contribution in [0.25, 0.3) is 22.4 Å². The average molecular weight is 270 g/mol. The van der Waals surface area contributed by atoms with E-state index < -0.39 is 5.97 Å². The van der Waals surface area contributed by atoms with Crippen LogP contribution in [0.4, 0.5) is 0 Å². The van der Waals surface area contributed by atoms with E-state index in [-0.39, 0.29) is 12.3 Å². The molecule has 0 fully saturated rings. The van der Waals surface area contributed by atoms with Crippen molar-refractivity contribution in [3.8, 4) is 11.4 Å². The van der Waals surface area contributed by atoms with Gasteiger partial charge in [-0.3, -0.25) is 14.8 Å². The first-order valence-electron chi connectivity index (χ1n) is 5.87. The Kier molecular flexibility index (Phi) is 3.08. The topological polar surface area (TPSA) is 91.0 Å². The Bertz CT molecular complexity index is 769. The molecule has 0 aliphatic carbocycles. The molecular formula is C13H10N4O3. The standard InChI is InChI=1S/C13H10N4O3/c1-19-12(18)7-11-16-13(17-20-11)8-2-3-9-10(6-8)15-5-4-14-9/h2-6H,7H2,1H3. The second-order valence-corrected chi connectivity index (χ2v) is 4.02. The van der Waals surface area contributed by atoms with Crippen LogP contribution in [0.1, 0.15) is 5.89 Å². The molecule has 1 aromatic carbocycles. The summed E-state index contributed by atoms with van der Waals surface area (Å²) in [6, 6.07) is 5.47. The van der Waals surface area contributed by atoms with Crippen molar-refractivity contribution in [2.75, 3.05) is 7.11 Å². The number of carbonyl (C=O) groups excluding carboxylic acids is 1. The number of hydrogen-bond donors (Lipinski definition) is 0. The first-order valence-corrected chi connectivity index (χ1v) is 5.87. The van der Waals surface area contributed by atoms with Gasteiger partial charge in [-0.2, -0.15) is 4.98 Å². The Hall–Kier alpha value is -2.83. The summed E-state index contributed by atoms with van der Waals surface area (Å²) in [4.78, 5) is 23.7. The van der Waals surface area contributed by atoms with Crippen molar-refractivity contribution in [3.63, 3.8) is 0 Å². The lowest BCUT2D eigenvalue weighted by atomic mass is 10.2. The summed E-state index contributed by atoms with van der Waals surface area (Å²) >= 11 is 0. The Morgan fingerprint density at radius 1 is 1.25 bits per heavy atom. The van der Waals surface area contributed by atoms with Gasteiger partial charge in [-0.1, -0.05) is 5.16 Å². The summed E-state index contributed by atoms with van der Waals surface area (Å²) in [6.07, 6.45) is 3.20. The van der Waals surface area contributed by atoms with Crippen molar-refractivity contribution in [1.29, 1.82) is 0 Å². The second kappa shape index (κ2) is 5.04. The third-order valence-corrected chi connectivity index (χ3v) is 2.72. The molecule has 0 radical (unpaired) electrons. The normalized spacial score (nSPS) is 10.7. The number of nitrogens with zero attached hydrogens (tertiary/aromatic N) is 4. The van der Waals surface area contributed by atoms with Gasteiger partial charge in [0.1, 0.15) is 6.42 Å². The third-order valence-electron chi connectivity index (χ3n) is 2.72. The molecule has 100 valence electrons. The molecule has 0 spiro atoms. The quantitative estimate of drug-likeness (QED) is 0.664. The number of carbonyl (C=O) groups is 1. The number of methoxy groups -OCH3 is 1. The molecule has 0 saturated heterocycles. The van der Waals surface area contributed by atoms with Crippen molar-refractivity contribution < 1.29 is 14.1 Å². The minimum absolute atomic E-state index is 0.0448. The van der Waals surface area contributed by atoms with Gasteiger partial charge in [0.15, 0.2) is 0 Å². The van der Waals surface area contributed by atoms with Crippen molar-refractivity contribution in [3.05, 3.63) is 36.5 Å². The maximum absolute atomic E-state index is 11.1. The van der Waals surface area contributed by atoms with Gasteiger partial charge < -0.3 is 9.26 Å². The summed E-state index contributed by atoms with van der Waals surface area (Å²) < 4.78 is 9.55. The molecule has 0 saturated carbocycles. The fourth-order valence-corrected chi connectivity index (χ4v) is 1.74. The van der Waals surface area contributed by atoms with E-state index in [1.165, 1.54) is 7.11 Å². The Morgan fingerprint density at radius 3 is 2.85 bits per heavy atom. The SMILES string of the molecule is COC(=O)Cc1nc(-c2ccc3nccnc3c2)no1. The monoisotopic (exact) mass is 270 g/mol. The fourth-order valence-electron chi connectivity index (χ4n) is 1.74. The first-order chi connectivity index (χ1) is 9.76. The smallest absolute Gasteiger partial charge is 0.315 e. The van der Waals surface area contributed by atoms with Crippen LogP contribution in [-0.2, 0) is 16.0 Å². The number of benzene rings is 1. The highest BCUT2D eigenvalue weighted by Crippen LogP contribution is 2.20. The minimum Gasteiger partial charge on any atom is -0.469 e. The predicted octanol–water partition coefficient (Wildman–Crippen LogP) is 1.40. The molecule has 0 bridgehead atoms. The van der Waals surface area contributed by atoms with E-state index in [0.717, 1.165) is 16.6 Å². The van der Waals surface area contributed by atoms with Gasteiger partial charge in [-0.25, -0.2) is 0 Å². The number of esters is 1. The van der Waals surface area contributed by atoms with Crippen LogP contribution in [0, 0.1) is 0 Å². The van der Waals surface area contributed by atoms with E-state index in [1.54, 1.807) is 12.4 Å². The molecule has 0 amide bonds. The molecule has 0 unspecified atom stereocenters. The van der Waals surface area contributed by atoms with Crippen LogP contribution in [0.5, 0.6) is 0 Å². The molecule has 3 rings (SSSR count). The zero-order chi connectivity index (χ0) is 13.9. The van der Waals surface area contributed by atoms with Crippen molar-refractivity contribution in [2.24, 2.45) is 0 Å². The summed E-state index contributed by atoms with van der Waals surface area (Å²) in [5.74, 6) is 0.187. The number of rotatable bonds is 3. The molecule has 2 aromatic heterocycles. The van der Waals surface area contributed by atoms with Crippen LogP contribution in [0.2, 0.25) is 0 Å². The zero-order valence-corrected chi connectivity index (χ0v) is 10.6. The number of hydrogen-bond acceptors (Lipinski definition) is 7. The number of aromatic nitrogens is 4. The van der Waals surface area contributed by atoms with E-state index in [0.29, 0.717) is 5.82 Å². The number of ether oxygens (including phenoxy) is 1. The molecule has 0 aliphatic heterocycles. The van der Waals surface area contributed by atoms with Gasteiger partial charge in [0, 0.05) is 18.0 Å². The second-order valence-electron chi connectivity index (χ2n) is 4.02. The number of fused-ring (bicyclic) bond motifs is 1. The summed E-state index contributed by atoms with van der Waals surface area (Å²) in [5.41, 5.74) is 2.27. The summed E-state index contributed by atoms with van der Waals surface area (Å²) in [7, 11) is 1.31. The van der Waals surface area contributed by atoms with E-state index in [4.69, 9.17) is 4.52 Å². The van der Waals surface area contributed by atoms with Crippen molar-refractivity contribution in [2.45, 2.75) is 6.42 Å². The van der Waals surface area contributed by atoms with Crippen molar-refractivity contribution >= 4 is 17.0 Å². The lowest BCUT2D eigenvalue weighted by Gasteiger charge is -1.97. The highest BCUT2D eigenvalue weighted by molar-refractivity contribution is 5.79. The Morgan fingerprint density at radius 2 is 2.05 bits per heavy atom. The molecule has 20 heavy (non-hydrogen) atoms. The van der Waals surface area contributed by atoms with E-state index in [2.05, 4.69) is 24.8 Å². The molecule has 7 heteroatoms. The highest BCUT2D eigenvalue weighted by Gasteiger charge is 2.13. The van der Waals surface area contributed by atoms with Crippen LogP contribution in [0.3, 0.4) is 0 Å². The Balaban J connectivity index is 1.92. The maximum atomic E-state index is 11.1. The maximum Gasteiger partial charge on any atom is 0.315 e. The molecule has 0 atom stereocenters. The van der Waals surface area contributed by atoms with Gasteiger partial charge in [0.05, 0.1) is 18.1 Å². The molecule has 0 aliphatic rings. The van der Waals surface area contributed by atoms with Gasteiger partial charge in [-0.05, 0) is 18.2 Å². The molecule has 3 aromatic rings. The minimum atomic E-state index is -0.426. The summed E-state index contributed by atoms with van der Waals surface area (Å²) in [5, 5.41) is 3.84. The molecule has 2 heterocycles. The lowest BCUT2D eigenvalue weighted by molar-refractivity contribution is -0.140. The molecule has 0 N–H and O–H groups in total. The third kappa shape index (κ3) is 2.33. The fraction of sp³-hybridized carbons (Fsp3) is 0.154. The van der Waals surface area contributed by atoms with Crippen molar-refractivity contribution in [1.82, 2.24) is 20.1 Å².